The summed E-state index contributed by atoms with van der Waals surface area (Å²) in [6, 6.07) is 6.19. The Bertz CT molecular complexity index is 904. The van der Waals surface area contributed by atoms with Crippen LogP contribution in [-0.2, 0) is 0 Å². The molecule has 1 aliphatic carbocycles. The lowest BCUT2D eigenvalue weighted by atomic mass is 10.2. The molecule has 0 amide bonds. The van der Waals surface area contributed by atoms with Crippen molar-refractivity contribution < 1.29 is 13.9 Å². The van der Waals surface area contributed by atoms with Gasteiger partial charge >= 0.3 is 0 Å². The molecule has 0 atom stereocenters. The third-order valence-corrected chi connectivity index (χ3v) is 3.96. The Labute approximate surface area is 150 Å². The smallest absolute Gasteiger partial charge is 0.277 e. The molecule has 1 aromatic carbocycles. The number of nitrogens with zero attached hydrogens (tertiary/aromatic N) is 4. The maximum absolute atomic E-state index is 13.9. The van der Waals surface area contributed by atoms with Gasteiger partial charge in [0.15, 0.2) is 11.6 Å². The Morgan fingerprint density at radius 1 is 1.12 bits per heavy atom. The summed E-state index contributed by atoms with van der Waals surface area (Å²) in [5.41, 5.74) is 1.14. The van der Waals surface area contributed by atoms with Crippen LogP contribution in [0.2, 0.25) is 0 Å². The van der Waals surface area contributed by atoms with Crippen molar-refractivity contribution in [3.63, 3.8) is 0 Å². The van der Waals surface area contributed by atoms with E-state index in [0.717, 1.165) is 5.56 Å². The van der Waals surface area contributed by atoms with Gasteiger partial charge < -0.3 is 9.47 Å². The van der Waals surface area contributed by atoms with Gasteiger partial charge in [-0.25, -0.2) is 14.4 Å². The van der Waals surface area contributed by atoms with Crippen LogP contribution in [0.25, 0.3) is 5.95 Å². The molecule has 0 bridgehead atoms. The van der Waals surface area contributed by atoms with Crippen molar-refractivity contribution in [3.8, 4) is 23.3 Å². The van der Waals surface area contributed by atoms with Crippen molar-refractivity contribution in [3.05, 3.63) is 54.2 Å². The summed E-state index contributed by atoms with van der Waals surface area (Å²) in [4.78, 5) is 8.75. The summed E-state index contributed by atoms with van der Waals surface area (Å²) in [6.45, 7) is 3.76. The van der Waals surface area contributed by atoms with Gasteiger partial charge in [-0.3, -0.25) is 0 Å². The molecule has 0 radical (unpaired) electrons. The van der Waals surface area contributed by atoms with Crippen molar-refractivity contribution in [2.24, 2.45) is 0 Å². The summed E-state index contributed by atoms with van der Waals surface area (Å²) in [5.74, 6) is 1.20. The highest BCUT2D eigenvalue weighted by molar-refractivity contribution is 5.39. The SMILES string of the molecule is CC(C)Oc1nn(-c2ncc(C3CC3)cn2)cc1Oc1ccccc1F. The van der Waals surface area contributed by atoms with Gasteiger partial charge in [0.25, 0.3) is 11.8 Å². The number of benzene rings is 1. The van der Waals surface area contributed by atoms with Crippen molar-refractivity contribution in [1.29, 1.82) is 0 Å². The molecule has 1 fully saturated rings. The highest BCUT2D eigenvalue weighted by atomic mass is 19.1. The maximum Gasteiger partial charge on any atom is 0.277 e. The van der Waals surface area contributed by atoms with Gasteiger partial charge in [0.2, 0.25) is 5.75 Å². The summed E-state index contributed by atoms with van der Waals surface area (Å²) >= 11 is 0. The molecule has 134 valence electrons. The normalized spacial score (nSPS) is 13.8. The van der Waals surface area contributed by atoms with Gasteiger partial charge in [0.1, 0.15) is 0 Å². The van der Waals surface area contributed by atoms with Crippen molar-refractivity contribution in [2.75, 3.05) is 0 Å². The third-order valence-electron chi connectivity index (χ3n) is 3.96. The van der Waals surface area contributed by atoms with Crippen LogP contribution in [0.1, 0.15) is 38.2 Å². The number of ether oxygens (including phenoxy) is 2. The van der Waals surface area contributed by atoms with E-state index in [4.69, 9.17) is 9.47 Å². The largest absolute Gasteiger partial charge is 0.471 e. The summed E-state index contributed by atoms with van der Waals surface area (Å²) in [5, 5.41) is 4.36. The molecule has 0 aliphatic heterocycles. The Morgan fingerprint density at radius 2 is 1.85 bits per heavy atom. The minimum atomic E-state index is -0.458. The van der Waals surface area contributed by atoms with Crippen LogP contribution in [0.15, 0.2) is 42.9 Å². The van der Waals surface area contributed by atoms with E-state index in [9.17, 15) is 4.39 Å². The molecule has 0 N–H and O–H groups in total. The summed E-state index contributed by atoms with van der Waals surface area (Å²) in [7, 11) is 0. The monoisotopic (exact) mass is 354 g/mol. The predicted octanol–water partition coefficient (Wildman–Crippen LogP) is 4.26. The van der Waals surface area contributed by atoms with Crippen molar-refractivity contribution >= 4 is 0 Å². The van der Waals surface area contributed by atoms with Gasteiger partial charge in [0, 0.05) is 12.4 Å². The molecule has 26 heavy (non-hydrogen) atoms. The second kappa shape index (κ2) is 6.74. The van der Waals surface area contributed by atoms with Crippen molar-refractivity contribution in [2.45, 2.75) is 38.7 Å². The Balaban J connectivity index is 1.65. The number of aromatic nitrogens is 4. The minimum Gasteiger partial charge on any atom is -0.471 e. The molecule has 0 spiro atoms. The van der Waals surface area contributed by atoms with Gasteiger partial charge in [-0.1, -0.05) is 12.1 Å². The van der Waals surface area contributed by atoms with Gasteiger partial charge in [0.05, 0.1) is 12.3 Å². The van der Waals surface area contributed by atoms with E-state index in [2.05, 4.69) is 15.1 Å². The Hall–Kier alpha value is -2.96. The first kappa shape index (κ1) is 16.5. The zero-order chi connectivity index (χ0) is 18.1. The van der Waals surface area contributed by atoms with Crippen LogP contribution in [0, 0.1) is 5.82 Å². The van der Waals surface area contributed by atoms with E-state index in [1.165, 1.54) is 23.6 Å². The van der Waals surface area contributed by atoms with E-state index in [1.54, 1.807) is 24.4 Å². The summed E-state index contributed by atoms with van der Waals surface area (Å²) in [6.07, 6.45) is 7.51. The first-order valence-corrected chi connectivity index (χ1v) is 8.61. The molecule has 6 nitrogen and oxygen atoms in total. The van der Waals surface area contributed by atoms with E-state index < -0.39 is 5.82 Å². The number of para-hydroxylation sites is 1. The lowest BCUT2D eigenvalue weighted by Crippen LogP contribution is -2.08. The van der Waals surface area contributed by atoms with Crippen LogP contribution in [-0.4, -0.2) is 25.9 Å². The van der Waals surface area contributed by atoms with Crippen LogP contribution in [0.4, 0.5) is 4.39 Å². The van der Waals surface area contributed by atoms with Crippen LogP contribution in [0.5, 0.6) is 17.4 Å². The lowest BCUT2D eigenvalue weighted by Gasteiger charge is -2.09. The minimum absolute atomic E-state index is 0.102. The predicted molar refractivity (Wildman–Crippen MR) is 93.4 cm³/mol. The molecule has 2 heterocycles. The second-order valence-electron chi connectivity index (χ2n) is 6.53. The molecule has 1 aliphatic rings. The maximum atomic E-state index is 13.9. The highest BCUT2D eigenvalue weighted by Crippen LogP contribution is 2.39. The third kappa shape index (κ3) is 3.51. The van der Waals surface area contributed by atoms with E-state index >= 15 is 0 Å². The fourth-order valence-electron chi connectivity index (χ4n) is 2.54. The van der Waals surface area contributed by atoms with Gasteiger partial charge in [-0.15, -0.1) is 5.10 Å². The lowest BCUT2D eigenvalue weighted by molar-refractivity contribution is 0.223. The molecule has 7 heteroatoms. The van der Waals surface area contributed by atoms with Crippen molar-refractivity contribution in [1.82, 2.24) is 19.7 Å². The number of halogens is 1. The highest BCUT2D eigenvalue weighted by Gasteiger charge is 2.24. The molecule has 3 aromatic rings. The fraction of sp³-hybridized carbons (Fsp3) is 0.316. The quantitative estimate of drug-likeness (QED) is 0.662. The zero-order valence-electron chi connectivity index (χ0n) is 14.6. The van der Waals surface area contributed by atoms with E-state index in [0.29, 0.717) is 17.6 Å². The molecule has 0 unspecified atom stereocenters. The molecular formula is C19H19FN4O2. The second-order valence-corrected chi connectivity index (χ2v) is 6.53. The molecule has 2 aromatic heterocycles. The Kier molecular flexibility index (Phi) is 4.28. The molecule has 0 saturated heterocycles. The fourth-order valence-corrected chi connectivity index (χ4v) is 2.54. The zero-order valence-corrected chi connectivity index (χ0v) is 14.6. The van der Waals surface area contributed by atoms with Gasteiger partial charge in [-0.05, 0) is 50.3 Å². The first-order chi connectivity index (χ1) is 12.6. The molecule has 4 rings (SSSR count). The molecule has 1 saturated carbocycles. The topological polar surface area (TPSA) is 62.1 Å². The van der Waals surface area contributed by atoms with Crippen LogP contribution < -0.4 is 9.47 Å². The van der Waals surface area contributed by atoms with Gasteiger partial charge in [-0.2, -0.15) is 4.68 Å². The van der Waals surface area contributed by atoms with Crippen LogP contribution >= 0.6 is 0 Å². The standard InChI is InChI=1S/C19H19FN4O2/c1-12(2)25-18-17(26-16-6-4-3-5-15(16)20)11-24(23-18)19-21-9-14(10-22-19)13-7-8-13/h3-6,9-13H,7-8H2,1-2H3. The first-order valence-electron chi connectivity index (χ1n) is 8.61. The average molecular weight is 354 g/mol. The van der Waals surface area contributed by atoms with E-state index in [1.807, 2.05) is 26.2 Å². The average Bonchev–Trinajstić information content (AvgIpc) is 3.40. The van der Waals surface area contributed by atoms with E-state index in [-0.39, 0.29) is 17.7 Å². The number of rotatable bonds is 6. The Morgan fingerprint density at radius 3 is 2.50 bits per heavy atom. The summed E-state index contributed by atoms with van der Waals surface area (Å²) < 4.78 is 26.8. The number of hydrogen-bond acceptors (Lipinski definition) is 5. The van der Waals surface area contributed by atoms with Crippen LogP contribution in [0.3, 0.4) is 0 Å². The molecular weight excluding hydrogens is 335 g/mol. The number of hydrogen-bond donors (Lipinski definition) is 0.